The first-order chi connectivity index (χ1) is 20.8. The molecule has 4 heterocycles. The number of nitrogens with zero attached hydrogens (tertiary/aromatic N) is 6. The number of hydrogen-bond acceptors (Lipinski definition) is 4. The van der Waals surface area contributed by atoms with Crippen LogP contribution in [-0.2, 0) is 0 Å². The van der Waals surface area contributed by atoms with Gasteiger partial charge in [0, 0.05) is 38.6 Å². The minimum atomic E-state index is 0.673. The molecule has 0 bridgehead atoms. The number of pyridine rings is 1. The van der Waals surface area contributed by atoms with Crippen LogP contribution in [0.1, 0.15) is 18.7 Å². The largest absolute Gasteiger partial charge is 0.313 e. The van der Waals surface area contributed by atoms with E-state index in [0.29, 0.717) is 17.5 Å². The van der Waals surface area contributed by atoms with Crippen molar-refractivity contribution in [3.8, 4) is 22.8 Å². The average Bonchev–Trinajstić information content (AvgIpc) is 3.69. The van der Waals surface area contributed by atoms with Gasteiger partial charge in [-0.2, -0.15) is 5.10 Å². The molecular formula is C36H24N6. The number of benzene rings is 4. The lowest BCUT2D eigenvalue weighted by molar-refractivity contribution is 0.970. The summed E-state index contributed by atoms with van der Waals surface area (Å²) in [6, 6.07) is 35.5. The van der Waals surface area contributed by atoms with E-state index >= 15 is 0 Å². The van der Waals surface area contributed by atoms with Gasteiger partial charge in [0.15, 0.2) is 17.5 Å². The number of rotatable bonds is 4. The van der Waals surface area contributed by atoms with Crippen LogP contribution in [-0.4, -0.2) is 29.1 Å². The molecule has 1 aliphatic carbocycles. The second kappa shape index (κ2) is 8.94. The maximum absolute atomic E-state index is 5.00. The minimum absolute atomic E-state index is 0.673. The molecular weight excluding hydrogens is 516 g/mol. The summed E-state index contributed by atoms with van der Waals surface area (Å²) in [5.41, 5.74) is 8.83. The van der Waals surface area contributed by atoms with Crippen LogP contribution in [0.2, 0.25) is 0 Å². The third kappa shape index (κ3) is 3.38. The van der Waals surface area contributed by atoms with E-state index in [-0.39, 0.29) is 0 Å². The van der Waals surface area contributed by atoms with Crippen molar-refractivity contribution < 1.29 is 0 Å². The summed E-state index contributed by atoms with van der Waals surface area (Å²) >= 11 is 0. The van der Waals surface area contributed by atoms with E-state index in [4.69, 9.17) is 15.0 Å². The molecule has 0 radical (unpaired) electrons. The molecule has 9 rings (SSSR count). The molecule has 0 atom stereocenters. The summed E-state index contributed by atoms with van der Waals surface area (Å²) in [5.74, 6) is 2.03. The van der Waals surface area contributed by atoms with Crippen LogP contribution in [0.4, 0.5) is 0 Å². The maximum Gasteiger partial charge on any atom is 0.164 e. The van der Waals surface area contributed by atoms with Crippen LogP contribution in [0.5, 0.6) is 0 Å². The molecule has 0 saturated heterocycles. The van der Waals surface area contributed by atoms with E-state index in [1.165, 1.54) is 32.9 Å². The van der Waals surface area contributed by atoms with Gasteiger partial charge in [0.25, 0.3) is 0 Å². The lowest BCUT2D eigenvalue weighted by atomic mass is 10.0. The summed E-state index contributed by atoms with van der Waals surface area (Å²) in [6.07, 6.45) is 8.22. The lowest BCUT2D eigenvalue weighted by Gasteiger charge is -2.17. The number of aromatic nitrogens is 6. The van der Waals surface area contributed by atoms with Crippen molar-refractivity contribution in [2.45, 2.75) is 12.8 Å². The molecule has 0 N–H and O–H groups in total. The standard InChI is InChI=1S/C36H24N6/c1-3-10-23(11-4-1)34-38-35(24-12-5-2-6-13-24)40-36(39-34)25-14-7-15-26(22-25)41-29-17-8-16-27-28-20-21-37-42(28)31-19-9-18-30(41)33(31)32(27)29/h1-6,8-14,16-22H,7,15H2. The number of allylic oxidation sites excluding steroid dienone is 4. The van der Waals surface area contributed by atoms with Crippen molar-refractivity contribution in [2.75, 3.05) is 0 Å². The minimum Gasteiger partial charge on any atom is -0.313 e. The molecule has 42 heavy (non-hydrogen) atoms. The van der Waals surface area contributed by atoms with Gasteiger partial charge in [-0.3, -0.25) is 0 Å². The van der Waals surface area contributed by atoms with Gasteiger partial charge in [0.1, 0.15) is 0 Å². The highest BCUT2D eigenvalue weighted by molar-refractivity contribution is 6.27. The molecule has 4 aromatic heterocycles. The fraction of sp³-hybridized carbons (Fsp3) is 0.0556. The first kappa shape index (κ1) is 23.1. The van der Waals surface area contributed by atoms with Crippen LogP contribution in [0, 0.1) is 0 Å². The molecule has 0 amide bonds. The van der Waals surface area contributed by atoms with Gasteiger partial charge in [0.2, 0.25) is 0 Å². The summed E-state index contributed by atoms with van der Waals surface area (Å²) in [7, 11) is 0. The first-order valence-electron chi connectivity index (χ1n) is 14.2. The Morgan fingerprint density at radius 1 is 0.548 bits per heavy atom. The third-order valence-corrected chi connectivity index (χ3v) is 8.27. The van der Waals surface area contributed by atoms with Gasteiger partial charge in [-0.15, -0.1) is 0 Å². The van der Waals surface area contributed by atoms with E-state index in [1.54, 1.807) is 0 Å². The molecule has 198 valence electrons. The van der Waals surface area contributed by atoms with E-state index in [2.05, 4.69) is 68.8 Å². The highest BCUT2D eigenvalue weighted by atomic mass is 15.2. The van der Waals surface area contributed by atoms with Gasteiger partial charge in [-0.05, 0) is 43.2 Å². The van der Waals surface area contributed by atoms with Crippen LogP contribution < -0.4 is 0 Å². The number of fused-ring (bicyclic) bond motifs is 3. The zero-order valence-electron chi connectivity index (χ0n) is 22.6. The molecule has 4 aromatic carbocycles. The van der Waals surface area contributed by atoms with Crippen molar-refractivity contribution >= 4 is 49.5 Å². The Labute approximate surface area is 241 Å². The van der Waals surface area contributed by atoms with Crippen molar-refractivity contribution in [3.05, 3.63) is 127 Å². The Hall–Kier alpha value is -5.62. The fourth-order valence-corrected chi connectivity index (χ4v) is 6.44. The predicted octanol–water partition coefficient (Wildman–Crippen LogP) is 8.27. The second-order valence-corrected chi connectivity index (χ2v) is 10.7. The fourth-order valence-electron chi connectivity index (χ4n) is 6.44. The van der Waals surface area contributed by atoms with Crippen molar-refractivity contribution in [2.24, 2.45) is 0 Å². The molecule has 0 unspecified atom stereocenters. The molecule has 1 aliphatic rings. The molecule has 6 nitrogen and oxygen atoms in total. The van der Waals surface area contributed by atoms with Crippen LogP contribution >= 0.6 is 0 Å². The lowest BCUT2D eigenvalue weighted by Crippen LogP contribution is -2.05. The molecule has 0 saturated carbocycles. The Morgan fingerprint density at radius 2 is 1.19 bits per heavy atom. The smallest absolute Gasteiger partial charge is 0.164 e. The first-order valence-corrected chi connectivity index (χ1v) is 14.2. The van der Waals surface area contributed by atoms with Gasteiger partial charge >= 0.3 is 0 Å². The quantitative estimate of drug-likeness (QED) is 0.211. The highest BCUT2D eigenvalue weighted by Gasteiger charge is 2.22. The van der Waals surface area contributed by atoms with Crippen LogP contribution in [0.15, 0.2) is 121 Å². The third-order valence-electron chi connectivity index (χ3n) is 8.27. The Morgan fingerprint density at radius 3 is 1.93 bits per heavy atom. The molecule has 0 fully saturated rings. The Balaban J connectivity index is 1.26. The zero-order valence-corrected chi connectivity index (χ0v) is 22.6. The SMILES string of the molecule is C1=C(c2nc(-c3ccccc3)nc(-c3ccccc3)n2)C=C(n2c3cccc4c3c3c2cccc3n2nccc42)CC1. The maximum atomic E-state index is 5.00. The van der Waals surface area contributed by atoms with Crippen LogP contribution in [0.3, 0.4) is 0 Å². The van der Waals surface area contributed by atoms with Crippen molar-refractivity contribution in [1.29, 1.82) is 0 Å². The van der Waals surface area contributed by atoms with E-state index < -0.39 is 0 Å². The van der Waals surface area contributed by atoms with Gasteiger partial charge in [0.05, 0.1) is 28.3 Å². The predicted molar refractivity (Wildman–Crippen MR) is 169 cm³/mol. The molecule has 0 spiro atoms. The number of hydrogen-bond donors (Lipinski definition) is 0. The molecule has 0 aliphatic heterocycles. The average molecular weight is 541 g/mol. The Bertz CT molecular complexity index is 2200. The van der Waals surface area contributed by atoms with E-state index in [9.17, 15) is 0 Å². The topological polar surface area (TPSA) is 60.9 Å². The molecule has 6 heteroatoms. The second-order valence-electron chi connectivity index (χ2n) is 10.7. The van der Waals surface area contributed by atoms with Crippen molar-refractivity contribution in [3.63, 3.8) is 0 Å². The monoisotopic (exact) mass is 540 g/mol. The zero-order chi connectivity index (χ0) is 27.6. The van der Waals surface area contributed by atoms with Crippen LogP contribution in [0.25, 0.3) is 72.3 Å². The van der Waals surface area contributed by atoms with Crippen molar-refractivity contribution in [1.82, 2.24) is 29.1 Å². The Kier molecular flexibility index (Phi) is 4.92. The summed E-state index contributed by atoms with van der Waals surface area (Å²) in [5, 5.41) is 8.42. The van der Waals surface area contributed by atoms with E-state index in [1.807, 2.05) is 66.9 Å². The molecule has 8 aromatic rings. The highest BCUT2D eigenvalue weighted by Crippen LogP contribution is 2.42. The summed E-state index contributed by atoms with van der Waals surface area (Å²) < 4.78 is 4.49. The van der Waals surface area contributed by atoms with E-state index in [0.717, 1.165) is 40.6 Å². The van der Waals surface area contributed by atoms with Gasteiger partial charge in [-0.1, -0.05) is 84.9 Å². The summed E-state index contributed by atoms with van der Waals surface area (Å²) in [6.45, 7) is 0. The van der Waals surface area contributed by atoms with Gasteiger partial charge < -0.3 is 4.57 Å². The normalized spacial score (nSPS) is 13.8. The van der Waals surface area contributed by atoms with Gasteiger partial charge in [-0.25, -0.2) is 19.5 Å². The summed E-state index contributed by atoms with van der Waals surface area (Å²) in [4.78, 5) is 14.9.